The van der Waals surface area contributed by atoms with Gasteiger partial charge in [0.05, 0.1) is 0 Å². The van der Waals surface area contributed by atoms with Crippen LogP contribution in [-0.4, -0.2) is 23.6 Å². The molecule has 0 unspecified atom stereocenters. The normalized spacial score (nSPS) is 12.0. The van der Waals surface area contributed by atoms with Gasteiger partial charge in [-0.05, 0) is 32.6 Å². The van der Waals surface area contributed by atoms with Gasteiger partial charge in [-0.3, -0.25) is 0 Å². The molecule has 20 heavy (non-hydrogen) atoms. The van der Waals surface area contributed by atoms with E-state index < -0.39 is 0 Å². The van der Waals surface area contributed by atoms with Gasteiger partial charge < -0.3 is 10.1 Å². The summed E-state index contributed by atoms with van der Waals surface area (Å²) in [7, 11) is 1.75. The molecule has 1 aromatic heterocycles. The van der Waals surface area contributed by atoms with Gasteiger partial charge >= 0.3 is 0 Å². The molecule has 0 aliphatic heterocycles. The first kappa shape index (κ1) is 16.9. The zero-order valence-corrected chi connectivity index (χ0v) is 14.0. The van der Waals surface area contributed by atoms with Gasteiger partial charge in [0.2, 0.25) is 0 Å². The molecule has 4 heteroatoms. The summed E-state index contributed by atoms with van der Waals surface area (Å²) in [6.45, 7) is 13.6. The highest BCUT2D eigenvalue weighted by Gasteiger charge is 2.32. The van der Waals surface area contributed by atoms with Crippen molar-refractivity contribution in [3.05, 3.63) is 17.1 Å². The number of aromatic nitrogens is 2. The molecule has 0 atom stereocenters. The van der Waals surface area contributed by atoms with Crippen molar-refractivity contribution in [2.45, 2.75) is 65.9 Å². The van der Waals surface area contributed by atoms with Crippen LogP contribution in [0.5, 0.6) is 0 Å². The second-order valence-corrected chi connectivity index (χ2v) is 5.49. The van der Waals surface area contributed by atoms with Gasteiger partial charge in [0.1, 0.15) is 11.4 Å². The van der Waals surface area contributed by atoms with Crippen LogP contribution in [0.2, 0.25) is 0 Å². The van der Waals surface area contributed by atoms with Crippen LogP contribution >= 0.6 is 0 Å². The van der Waals surface area contributed by atoms with E-state index >= 15 is 0 Å². The lowest BCUT2D eigenvalue weighted by Crippen LogP contribution is -2.30. The summed E-state index contributed by atoms with van der Waals surface area (Å²) < 4.78 is 5.76. The van der Waals surface area contributed by atoms with Crippen molar-refractivity contribution in [2.75, 3.05) is 19.0 Å². The van der Waals surface area contributed by atoms with Gasteiger partial charge in [-0.2, -0.15) is 0 Å². The molecule has 0 saturated heterocycles. The van der Waals surface area contributed by atoms with Gasteiger partial charge in [-0.15, -0.1) is 0 Å². The van der Waals surface area contributed by atoms with E-state index in [0.717, 1.165) is 36.7 Å². The maximum absolute atomic E-state index is 5.76. The molecule has 0 spiro atoms. The van der Waals surface area contributed by atoms with Crippen molar-refractivity contribution < 1.29 is 4.74 Å². The highest BCUT2D eigenvalue weighted by atomic mass is 16.5. The number of nitrogens with zero attached hydrogens (tertiary/aromatic N) is 2. The van der Waals surface area contributed by atoms with Gasteiger partial charge in [-0.25, -0.2) is 9.97 Å². The minimum Gasteiger partial charge on any atom is -0.370 e. The van der Waals surface area contributed by atoms with Gasteiger partial charge in [0, 0.05) is 24.9 Å². The van der Waals surface area contributed by atoms with Gasteiger partial charge in [0.25, 0.3) is 0 Å². The van der Waals surface area contributed by atoms with Crippen LogP contribution in [0.15, 0.2) is 0 Å². The van der Waals surface area contributed by atoms with Crippen molar-refractivity contribution >= 4 is 5.82 Å². The van der Waals surface area contributed by atoms with E-state index in [4.69, 9.17) is 14.7 Å². The van der Waals surface area contributed by atoms with E-state index in [1.807, 2.05) is 0 Å². The Balaban J connectivity index is 3.44. The Hall–Kier alpha value is -1.16. The Bertz CT molecular complexity index is 431. The third kappa shape index (κ3) is 3.11. The highest BCUT2D eigenvalue weighted by Crippen LogP contribution is 2.33. The number of hydrogen-bond acceptors (Lipinski definition) is 4. The van der Waals surface area contributed by atoms with E-state index in [2.05, 4.69) is 46.9 Å². The first-order valence-corrected chi connectivity index (χ1v) is 7.63. The minimum absolute atomic E-state index is 0.384. The third-order valence-corrected chi connectivity index (χ3v) is 4.00. The molecule has 0 aliphatic carbocycles. The summed E-state index contributed by atoms with van der Waals surface area (Å²) >= 11 is 0. The number of methoxy groups -OCH3 is 1. The summed E-state index contributed by atoms with van der Waals surface area (Å²) in [4.78, 5) is 9.53. The molecule has 0 aliphatic rings. The zero-order valence-electron chi connectivity index (χ0n) is 14.0. The fraction of sp³-hybridized carbons (Fsp3) is 0.750. The van der Waals surface area contributed by atoms with Crippen LogP contribution in [0.25, 0.3) is 0 Å². The van der Waals surface area contributed by atoms with E-state index in [-0.39, 0.29) is 5.60 Å². The van der Waals surface area contributed by atoms with Crippen LogP contribution < -0.4 is 5.32 Å². The molecule has 1 rings (SSSR count). The summed E-state index contributed by atoms with van der Waals surface area (Å²) in [5.41, 5.74) is 1.86. The lowest BCUT2D eigenvalue weighted by atomic mass is 9.94. The molecule has 0 saturated carbocycles. The van der Waals surface area contributed by atoms with Crippen molar-refractivity contribution in [3.63, 3.8) is 0 Å². The molecule has 1 N–H and O–H groups in total. The Morgan fingerprint density at radius 3 is 2.15 bits per heavy atom. The molecule has 0 fully saturated rings. The van der Waals surface area contributed by atoms with E-state index in [1.165, 1.54) is 5.56 Å². The average molecular weight is 279 g/mol. The summed E-state index contributed by atoms with van der Waals surface area (Å²) in [6.07, 6.45) is 1.73. The second kappa shape index (κ2) is 7.02. The second-order valence-electron chi connectivity index (χ2n) is 5.49. The third-order valence-electron chi connectivity index (χ3n) is 4.00. The van der Waals surface area contributed by atoms with Crippen LogP contribution in [0, 0.1) is 6.92 Å². The van der Waals surface area contributed by atoms with Crippen LogP contribution in [0.4, 0.5) is 5.82 Å². The molecular weight excluding hydrogens is 250 g/mol. The topological polar surface area (TPSA) is 47.0 Å². The predicted molar refractivity (Wildman–Crippen MR) is 84.3 cm³/mol. The van der Waals surface area contributed by atoms with E-state index in [9.17, 15) is 0 Å². The molecule has 1 aromatic rings. The standard InChI is InChI=1S/C16H29N3O/c1-8-16(9-2,20-7)15-18-12(6)13(11(4)5)14(19-15)17-10-3/h11H,8-10H2,1-7H3,(H,17,18,19). The average Bonchev–Trinajstić information content (AvgIpc) is 2.41. The Morgan fingerprint density at radius 2 is 1.75 bits per heavy atom. The lowest BCUT2D eigenvalue weighted by molar-refractivity contribution is -0.0292. The monoisotopic (exact) mass is 279 g/mol. The number of aryl methyl sites for hydroxylation is 1. The SMILES string of the molecule is CCNc1nc(C(CC)(CC)OC)nc(C)c1C(C)C. The molecule has 114 valence electrons. The molecule has 4 nitrogen and oxygen atoms in total. The number of nitrogens with one attached hydrogen (secondary N) is 1. The van der Waals surface area contributed by atoms with Crippen LogP contribution in [-0.2, 0) is 10.3 Å². The minimum atomic E-state index is -0.384. The van der Waals surface area contributed by atoms with Crippen molar-refractivity contribution in [3.8, 4) is 0 Å². The van der Waals surface area contributed by atoms with Gasteiger partial charge in [-0.1, -0.05) is 27.7 Å². The first-order valence-electron chi connectivity index (χ1n) is 7.63. The number of rotatable bonds is 7. The van der Waals surface area contributed by atoms with Crippen LogP contribution in [0.1, 0.15) is 70.5 Å². The van der Waals surface area contributed by atoms with Crippen LogP contribution in [0.3, 0.4) is 0 Å². The highest BCUT2D eigenvalue weighted by molar-refractivity contribution is 5.48. The molecule has 0 radical (unpaired) electrons. The first-order chi connectivity index (χ1) is 9.45. The maximum Gasteiger partial charge on any atom is 0.162 e. The van der Waals surface area contributed by atoms with E-state index in [1.54, 1.807) is 7.11 Å². The zero-order chi connectivity index (χ0) is 15.3. The smallest absolute Gasteiger partial charge is 0.162 e. The maximum atomic E-state index is 5.76. The number of ether oxygens (including phenoxy) is 1. The Morgan fingerprint density at radius 1 is 1.15 bits per heavy atom. The van der Waals surface area contributed by atoms with Crippen molar-refractivity contribution in [2.24, 2.45) is 0 Å². The fourth-order valence-corrected chi connectivity index (χ4v) is 2.72. The molecule has 0 amide bonds. The van der Waals surface area contributed by atoms with Crippen molar-refractivity contribution in [1.29, 1.82) is 0 Å². The number of hydrogen-bond donors (Lipinski definition) is 1. The molecule has 0 aromatic carbocycles. The predicted octanol–water partition coefficient (Wildman–Crippen LogP) is 4.00. The number of anilines is 1. The fourth-order valence-electron chi connectivity index (χ4n) is 2.72. The summed E-state index contributed by atoms with van der Waals surface area (Å²) in [5, 5.41) is 3.38. The Labute approximate surface area is 123 Å². The quantitative estimate of drug-likeness (QED) is 0.819. The molecule has 1 heterocycles. The lowest BCUT2D eigenvalue weighted by Gasteiger charge is -2.30. The van der Waals surface area contributed by atoms with Gasteiger partial charge in [0.15, 0.2) is 5.82 Å². The largest absolute Gasteiger partial charge is 0.370 e. The molecule has 0 bridgehead atoms. The van der Waals surface area contributed by atoms with Crippen molar-refractivity contribution in [1.82, 2.24) is 9.97 Å². The summed E-state index contributed by atoms with van der Waals surface area (Å²) in [6, 6.07) is 0. The Kier molecular flexibility index (Phi) is 5.93. The molecular formula is C16H29N3O. The summed E-state index contributed by atoms with van der Waals surface area (Å²) in [5.74, 6) is 2.15. The van der Waals surface area contributed by atoms with E-state index in [0.29, 0.717) is 5.92 Å².